The van der Waals surface area contributed by atoms with E-state index in [1.807, 2.05) is 18.5 Å². The van der Waals surface area contributed by atoms with E-state index in [9.17, 15) is 4.79 Å². The summed E-state index contributed by atoms with van der Waals surface area (Å²) >= 11 is 0. The second kappa shape index (κ2) is 5.01. The summed E-state index contributed by atoms with van der Waals surface area (Å²) in [6.07, 6.45) is 2.51. The molecule has 19 heavy (non-hydrogen) atoms. The zero-order valence-corrected chi connectivity index (χ0v) is 10.6. The van der Waals surface area contributed by atoms with Crippen LogP contribution >= 0.6 is 0 Å². The number of nitrogens with zero attached hydrogens (tertiary/aromatic N) is 2. The van der Waals surface area contributed by atoms with Crippen molar-refractivity contribution in [1.29, 1.82) is 0 Å². The largest absolute Gasteiger partial charge is 0.481 e. The van der Waals surface area contributed by atoms with Gasteiger partial charge in [-0.3, -0.25) is 9.79 Å². The zero-order valence-electron chi connectivity index (χ0n) is 10.6. The molecule has 0 aromatic heterocycles. The Kier molecular flexibility index (Phi) is 3.21. The van der Waals surface area contributed by atoms with Gasteiger partial charge in [-0.05, 0) is 18.1 Å². The van der Waals surface area contributed by atoms with Crippen molar-refractivity contribution in [2.24, 2.45) is 10.9 Å². The van der Waals surface area contributed by atoms with Crippen LogP contribution in [0.3, 0.4) is 0 Å². The minimum Gasteiger partial charge on any atom is -0.481 e. The van der Waals surface area contributed by atoms with Crippen LogP contribution in [0.2, 0.25) is 0 Å². The van der Waals surface area contributed by atoms with Crippen LogP contribution in [-0.4, -0.2) is 37.0 Å². The first-order valence-corrected chi connectivity index (χ1v) is 6.57. The molecule has 1 aromatic rings. The molecular weight excluding hydrogens is 242 g/mol. The maximum atomic E-state index is 11.0. The Balaban J connectivity index is 1.85. The molecule has 5 heteroatoms. The Bertz CT molecular complexity index is 515. The first kappa shape index (κ1) is 12.2. The molecule has 2 atom stereocenters. The number of carboxylic acid groups (broad SMARTS) is 1. The number of aliphatic carboxylic acids is 1. The Morgan fingerprint density at radius 2 is 2.26 bits per heavy atom. The Morgan fingerprint density at radius 1 is 1.42 bits per heavy atom. The minimum atomic E-state index is -0.713. The molecule has 0 radical (unpaired) electrons. The highest BCUT2D eigenvalue weighted by molar-refractivity contribution is 5.82. The lowest BCUT2D eigenvalue weighted by atomic mass is 9.98. The fourth-order valence-electron chi connectivity index (χ4n) is 2.77. The molecule has 100 valence electrons. The molecular formula is C14H17N3O2. The van der Waals surface area contributed by atoms with E-state index < -0.39 is 5.97 Å². The molecule has 0 aliphatic carbocycles. The number of carboxylic acids is 1. The number of anilines is 1. The van der Waals surface area contributed by atoms with Gasteiger partial charge in [-0.25, -0.2) is 0 Å². The summed E-state index contributed by atoms with van der Waals surface area (Å²) in [7, 11) is 0. The molecule has 3 rings (SSSR count). The molecule has 5 nitrogen and oxygen atoms in total. The van der Waals surface area contributed by atoms with Crippen molar-refractivity contribution < 1.29 is 9.90 Å². The van der Waals surface area contributed by atoms with Gasteiger partial charge in [0.25, 0.3) is 0 Å². The summed E-state index contributed by atoms with van der Waals surface area (Å²) in [4.78, 5) is 17.4. The molecule has 0 amide bonds. The van der Waals surface area contributed by atoms with E-state index in [1.54, 1.807) is 0 Å². The first-order valence-electron chi connectivity index (χ1n) is 6.57. The average molecular weight is 259 g/mol. The van der Waals surface area contributed by atoms with Gasteiger partial charge in [0, 0.05) is 24.8 Å². The number of nitrogens with one attached hydrogen (secondary N) is 1. The summed E-state index contributed by atoms with van der Waals surface area (Å²) in [5, 5.41) is 12.4. The Hall–Kier alpha value is -1.88. The van der Waals surface area contributed by atoms with Gasteiger partial charge in [0.15, 0.2) is 0 Å². The second-order valence-electron chi connectivity index (χ2n) is 5.01. The van der Waals surface area contributed by atoms with Crippen LogP contribution in [0, 0.1) is 5.92 Å². The molecule has 0 saturated carbocycles. The maximum absolute atomic E-state index is 11.0. The van der Waals surface area contributed by atoms with Gasteiger partial charge >= 0.3 is 5.97 Å². The Labute approximate surface area is 112 Å². The number of carbonyl (C=O) groups is 1. The summed E-state index contributed by atoms with van der Waals surface area (Å²) < 4.78 is 0. The molecule has 1 saturated heterocycles. The third-order valence-electron chi connectivity index (χ3n) is 3.79. The standard InChI is InChI=1S/C14H17N3O2/c18-14(19)10-7-12(16-8-10)11-3-1-2-4-13(11)17-6-5-15-9-17/h1-4,9-10,12,16H,5-8H2,(H,18,19). The van der Waals surface area contributed by atoms with Crippen molar-refractivity contribution in [1.82, 2.24) is 5.32 Å². The van der Waals surface area contributed by atoms with Gasteiger partial charge in [-0.1, -0.05) is 18.2 Å². The van der Waals surface area contributed by atoms with Gasteiger partial charge in [-0.15, -0.1) is 0 Å². The quantitative estimate of drug-likeness (QED) is 0.858. The van der Waals surface area contributed by atoms with Crippen molar-refractivity contribution in [2.75, 3.05) is 24.5 Å². The number of hydrogen-bond donors (Lipinski definition) is 2. The van der Waals surface area contributed by atoms with Crippen molar-refractivity contribution in [3.8, 4) is 0 Å². The monoisotopic (exact) mass is 259 g/mol. The van der Waals surface area contributed by atoms with Crippen LogP contribution in [0.15, 0.2) is 29.3 Å². The van der Waals surface area contributed by atoms with Crippen LogP contribution in [0.1, 0.15) is 18.0 Å². The summed E-state index contributed by atoms with van der Waals surface area (Å²) in [5.41, 5.74) is 2.30. The van der Waals surface area contributed by atoms with E-state index in [4.69, 9.17) is 5.11 Å². The lowest BCUT2D eigenvalue weighted by molar-refractivity contribution is -0.141. The van der Waals surface area contributed by atoms with Crippen LogP contribution < -0.4 is 10.2 Å². The number of rotatable bonds is 3. The topological polar surface area (TPSA) is 64.9 Å². The van der Waals surface area contributed by atoms with Crippen molar-refractivity contribution in [3.63, 3.8) is 0 Å². The maximum Gasteiger partial charge on any atom is 0.307 e. The molecule has 2 aliphatic heterocycles. The average Bonchev–Trinajstić information content (AvgIpc) is 3.10. The van der Waals surface area contributed by atoms with Crippen LogP contribution in [-0.2, 0) is 4.79 Å². The molecule has 1 fully saturated rings. The lowest BCUT2D eigenvalue weighted by Gasteiger charge is -2.22. The predicted molar refractivity (Wildman–Crippen MR) is 73.6 cm³/mol. The molecule has 2 aliphatic rings. The van der Waals surface area contributed by atoms with E-state index in [-0.39, 0.29) is 12.0 Å². The lowest BCUT2D eigenvalue weighted by Crippen LogP contribution is -2.22. The van der Waals surface area contributed by atoms with Crippen LogP contribution in [0.5, 0.6) is 0 Å². The van der Waals surface area contributed by atoms with Gasteiger partial charge in [0.2, 0.25) is 0 Å². The fourth-order valence-corrected chi connectivity index (χ4v) is 2.77. The van der Waals surface area contributed by atoms with E-state index >= 15 is 0 Å². The molecule has 0 spiro atoms. The molecule has 2 heterocycles. The number of aliphatic imine (C=N–C) groups is 1. The summed E-state index contributed by atoms with van der Waals surface area (Å²) in [6, 6.07) is 8.27. The van der Waals surface area contributed by atoms with Gasteiger partial charge in [0.05, 0.1) is 18.8 Å². The van der Waals surface area contributed by atoms with Crippen molar-refractivity contribution >= 4 is 18.0 Å². The van der Waals surface area contributed by atoms with Gasteiger partial charge < -0.3 is 15.3 Å². The highest BCUT2D eigenvalue weighted by Gasteiger charge is 2.31. The second-order valence-corrected chi connectivity index (χ2v) is 5.01. The number of hydrogen-bond acceptors (Lipinski definition) is 4. The minimum absolute atomic E-state index is 0.117. The van der Waals surface area contributed by atoms with Gasteiger partial charge in [-0.2, -0.15) is 0 Å². The third kappa shape index (κ3) is 2.33. The summed E-state index contributed by atoms with van der Waals surface area (Å²) in [6.45, 7) is 2.26. The van der Waals surface area contributed by atoms with Crippen molar-refractivity contribution in [2.45, 2.75) is 12.5 Å². The van der Waals surface area contributed by atoms with E-state index in [2.05, 4.69) is 27.3 Å². The van der Waals surface area contributed by atoms with Crippen LogP contribution in [0.25, 0.3) is 0 Å². The molecule has 0 bridgehead atoms. The normalized spacial score (nSPS) is 26.0. The highest BCUT2D eigenvalue weighted by Crippen LogP contribution is 2.33. The summed E-state index contributed by atoms with van der Waals surface area (Å²) in [5.74, 6) is -1.000. The third-order valence-corrected chi connectivity index (χ3v) is 3.79. The van der Waals surface area contributed by atoms with E-state index in [1.165, 1.54) is 5.56 Å². The van der Waals surface area contributed by atoms with E-state index in [0.29, 0.717) is 13.0 Å². The number of benzene rings is 1. The smallest absolute Gasteiger partial charge is 0.307 e. The van der Waals surface area contributed by atoms with E-state index in [0.717, 1.165) is 18.8 Å². The molecule has 2 unspecified atom stereocenters. The Morgan fingerprint density at radius 3 is 2.95 bits per heavy atom. The molecule has 2 N–H and O–H groups in total. The first-order chi connectivity index (χ1) is 9.25. The fraction of sp³-hybridized carbons (Fsp3) is 0.429. The van der Waals surface area contributed by atoms with Crippen molar-refractivity contribution in [3.05, 3.63) is 29.8 Å². The zero-order chi connectivity index (χ0) is 13.2. The predicted octanol–water partition coefficient (Wildman–Crippen LogP) is 1.27. The highest BCUT2D eigenvalue weighted by atomic mass is 16.4. The van der Waals surface area contributed by atoms with Crippen LogP contribution in [0.4, 0.5) is 5.69 Å². The molecule has 1 aromatic carbocycles. The number of para-hydroxylation sites is 1. The SMILES string of the molecule is O=C(O)C1CNC(c2ccccc2N2C=NCC2)C1. The van der Waals surface area contributed by atoms with Gasteiger partial charge in [0.1, 0.15) is 0 Å².